The van der Waals surface area contributed by atoms with Crippen molar-refractivity contribution in [1.82, 2.24) is 10.2 Å². The number of rotatable bonds is 4. The number of piperazine rings is 1. The first-order chi connectivity index (χ1) is 11.0. The molecule has 1 aliphatic heterocycles. The number of hydrogen-bond acceptors (Lipinski definition) is 4. The van der Waals surface area contributed by atoms with Crippen molar-refractivity contribution in [2.45, 2.75) is 31.0 Å². The van der Waals surface area contributed by atoms with Crippen molar-refractivity contribution in [2.24, 2.45) is 5.92 Å². The van der Waals surface area contributed by atoms with E-state index in [4.69, 9.17) is 4.74 Å². The summed E-state index contributed by atoms with van der Waals surface area (Å²) in [5.41, 5.74) is -1.70. The zero-order chi connectivity index (χ0) is 16.5. The zero-order valence-corrected chi connectivity index (χ0v) is 12.8. The van der Waals surface area contributed by atoms with Crippen LogP contribution in [0, 0.1) is 17.2 Å². The highest BCUT2D eigenvalue weighted by Gasteiger charge is 2.56. The lowest BCUT2D eigenvalue weighted by molar-refractivity contribution is -0.258. The maximum atomic E-state index is 13.6. The number of allylic oxidation sites excluding steroid dienone is 1. The van der Waals surface area contributed by atoms with Crippen LogP contribution in [-0.2, 0) is 4.74 Å². The average Bonchev–Trinajstić information content (AvgIpc) is 3.37. The Morgan fingerprint density at radius 2 is 2.04 bits per heavy atom. The van der Waals surface area contributed by atoms with Gasteiger partial charge in [-0.05, 0) is 24.8 Å². The summed E-state index contributed by atoms with van der Waals surface area (Å²) in [7, 11) is 0. The topological polar surface area (TPSA) is 48.3 Å². The van der Waals surface area contributed by atoms with E-state index in [1.807, 2.05) is 11.0 Å². The molecule has 0 radical (unpaired) electrons. The third-order valence-corrected chi connectivity index (χ3v) is 4.58. The van der Waals surface area contributed by atoms with Gasteiger partial charge in [0.05, 0.1) is 17.9 Å². The van der Waals surface area contributed by atoms with Crippen LogP contribution in [0.1, 0.15) is 19.3 Å². The van der Waals surface area contributed by atoms with Gasteiger partial charge in [0.25, 0.3) is 0 Å². The molecule has 0 spiro atoms. The second kappa shape index (κ2) is 6.17. The van der Waals surface area contributed by atoms with Crippen molar-refractivity contribution in [3.05, 3.63) is 23.4 Å². The Balaban J connectivity index is 1.84. The van der Waals surface area contributed by atoms with E-state index in [1.165, 1.54) is 6.08 Å². The van der Waals surface area contributed by atoms with E-state index in [0.717, 1.165) is 32.0 Å². The Labute approximate surface area is 133 Å². The molecule has 126 valence electrons. The molecule has 1 saturated carbocycles. The molecule has 0 aromatic heterocycles. The molecule has 0 aromatic carbocycles. The predicted molar refractivity (Wildman–Crippen MR) is 78.3 cm³/mol. The van der Waals surface area contributed by atoms with E-state index in [-0.39, 0.29) is 24.5 Å². The lowest BCUT2D eigenvalue weighted by Gasteiger charge is -2.38. The van der Waals surface area contributed by atoms with E-state index in [1.54, 1.807) is 0 Å². The van der Waals surface area contributed by atoms with E-state index >= 15 is 0 Å². The molecule has 7 heteroatoms. The first-order valence-electron chi connectivity index (χ1n) is 7.95. The minimum atomic E-state index is -4.53. The molecule has 4 nitrogen and oxygen atoms in total. The minimum absolute atomic E-state index is 0.0614. The van der Waals surface area contributed by atoms with Gasteiger partial charge < -0.3 is 15.0 Å². The van der Waals surface area contributed by atoms with Crippen molar-refractivity contribution in [3.63, 3.8) is 0 Å². The Hall–Kier alpha value is -1.52. The summed E-state index contributed by atoms with van der Waals surface area (Å²) in [6.45, 7) is 3.00. The van der Waals surface area contributed by atoms with Crippen LogP contribution in [0.15, 0.2) is 23.4 Å². The Bertz CT molecular complexity index is 554. The van der Waals surface area contributed by atoms with Crippen LogP contribution in [0.3, 0.4) is 0 Å². The van der Waals surface area contributed by atoms with Gasteiger partial charge in [-0.2, -0.15) is 18.4 Å². The molecular formula is C16H20F3N3O. The molecule has 0 aromatic rings. The summed E-state index contributed by atoms with van der Waals surface area (Å²) in [5.74, 6) is 0.228. The van der Waals surface area contributed by atoms with Gasteiger partial charge in [-0.3, -0.25) is 0 Å². The summed E-state index contributed by atoms with van der Waals surface area (Å²) >= 11 is 0. The van der Waals surface area contributed by atoms with Gasteiger partial charge in [0.15, 0.2) is 5.60 Å². The summed E-state index contributed by atoms with van der Waals surface area (Å²) in [5, 5.41) is 12.5. The van der Waals surface area contributed by atoms with Gasteiger partial charge in [-0.25, -0.2) is 0 Å². The van der Waals surface area contributed by atoms with Gasteiger partial charge in [-0.1, -0.05) is 6.08 Å². The standard InChI is InChI=1S/C16H20F3N3O/c17-16(18,19)15(23-11-12-1-2-12)4-3-14(13(9-15)10-20)22-7-5-21-6-8-22/h3,9,12,21H,1-2,4-8,11H2. The van der Waals surface area contributed by atoms with E-state index in [0.29, 0.717) is 18.8 Å². The molecule has 3 rings (SSSR count). The highest BCUT2D eigenvalue weighted by molar-refractivity contribution is 5.47. The van der Waals surface area contributed by atoms with E-state index < -0.39 is 11.8 Å². The monoisotopic (exact) mass is 327 g/mol. The lowest BCUT2D eigenvalue weighted by Crippen LogP contribution is -2.49. The average molecular weight is 327 g/mol. The minimum Gasteiger partial charge on any atom is -0.368 e. The molecular weight excluding hydrogens is 307 g/mol. The number of halogens is 3. The van der Waals surface area contributed by atoms with Gasteiger partial charge >= 0.3 is 6.18 Å². The fourth-order valence-electron chi connectivity index (χ4n) is 2.95. The molecule has 0 amide bonds. The molecule has 0 bridgehead atoms. The van der Waals surface area contributed by atoms with Crippen molar-refractivity contribution < 1.29 is 17.9 Å². The van der Waals surface area contributed by atoms with Crippen molar-refractivity contribution in [1.29, 1.82) is 5.26 Å². The predicted octanol–water partition coefficient (Wildman–Crippen LogP) is 2.36. The Morgan fingerprint density at radius 1 is 1.35 bits per heavy atom. The molecule has 1 unspecified atom stereocenters. The SMILES string of the molecule is N#CC1=CC(OCC2CC2)(C(F)(F)F)CC=C1N1CCNCC1. The van der Waals surface area contributed by atoms with Crippen LogP contribution in [0.4, 0.5) is 13.2 Å². The number of alkyl halides is 3. The summed E-state index contributed by atoms with van der Waals surface area (Å²) < 4.78 is 46.1. The number of nitrogens with one attached hydrogen (secondary N) is 1. The van der Waals surface area contributed by atoms with Gasteiger partial charge in [0.1, 0.15) is 6.07 Å². The normalized spacial score (nSPS) is 28.9. The molecule has 3 aliphatic rings. The van der Waals surface area contributed by atoms with Gasteiger partial charge in [-0.15, -0.1) is 0 Å². The van der Waals surface area contributed by atoms with Crippen molar-refractivity contribution >= 4 is 0 Å². The lowest BCUT2D eigenvalue weighted by atomic mass is 9.88. The molecule has 2 fully saturated rings. The fourth-order valence-corrected chi connectivity index (χ4v) is 2.95. The Kier molecular flexibility index (Phi) is 4.39. The highest BCUT2D eigenvalue weighted by atomic mass is 19.4. The molecule has 1 heterocycles. The summed E-state index contributed by atoms with van der Waals surface area (Å²) in [4.78, 5) is 1.97. The second-order valence-corrected chi connectivity index (χ2v) is 6.34. The number of nitrogens with zero attached hydrogens (tertiary/aromatic N) is 2. The van der Waals surface area contributed by atoms with Gasteiger partial charge in [0, 0.05) is 32.6 Å². The maximum absolute atomic E-state index is 13.6. The first-order valence-corrected chi connectivity index (χ1v) is 7.95. The largest absolute Gasteiger partial charge is 0.421 e. The smallest absolute Gasteiger partial charge is 0.368 e. The molecule has 1 atom stereocenters. The van der Waals surface area contributed by atoms with Crippen LogP contribution in [0.2, 0.25) is 0 Å². The van der Waals surface area contributed by atoms with Crippen LogP contribution in [0.5, 0.6) is 0 Å². The summed E-state index contributed by atoms with van der Waals surface area (Å²) in [6, 6.07) is 1.93. The maximum Gasteiger partial charge on any atom is 0.421 e. The zero-order valence-electron chi connectivity index (χ0n) is 12.8. The van der Waals surface area contributed by atoms with Crippen LogP contribution < -0.4 is 5.32 Å². The van der Waals surface area contributed by atoms with Crippen LogP contribution >= 0.6 is 0 Å². The Morgan fingerprint density at radius 3 is 2.61 bits per heavy atom. The number of hydrogen-bond donors (Lipinski definition) is 1. The van der Waals surface area contributed by atoms with E-state index in [2.05, 4.69) is 5.32 Å². The molecule has 2 aliphatic carbocycles. The van der Waals surface area contributed by atoms with Crippen molar-refractivity contribution in [2.75, 3.05) is 32.8 Å². The van der Waals surface area contributed by atoms with Crippen molar-refractivity contribution in [3.8, 4) is 6.07 Å². The van der Waals surface area contributed by atoms with Gasteiger partial charge in [0.2, 0.25) is 0 Å². The quantitative estimate of drug-likeness (QED) is 0.861. The fraction of sp³-hybridized carbons (Fsp3) is 0.688. The second-order valence-electron chi connectivity index (χ2n) is 6.34. The summed E-state index contributed by atoms with van der Waals surface area (Å²) in [6.07, 6.45) is -0.449. The number of nitriles is 1. The molecule has 23 heavy (non-hydrogen) atoms. The number of ether oxygens (including phenoxy) is 1. The molecule has 1 N–H and O–H groups in total. The van der Waals surface area contributed by atoms with E-state index in [9.17, 15) is 18.4 Å². The highest BCUT2D eigenvalue weighted by Crippen LogP contribution is 2.44. The molecule has 1 saturated heterocycles. The van der Waals surface area contributed by atoms with Crippen LogP contribution in [-0.4, -0.2) is 49.5 Å². The van der Waals surface area contributed by atoms with Crippen LogP contribution in [0.25, 0.3) is 0 Å². The third-order valence-electron chi connectivity index (χ3n) is 4.58. The third kappa shape index (κ3) is 3.38. The first kappa shape index (κ1) is 16.3.